The van der Waals surface area contributed by atoms with Crippen LogP contribution in [0.15, 0.2) is 28.0 Å². The minimum absolute atomic E-state index is 0.294. The van der Waals surface area contributed by atoms with E-state index in [1.165, 1.54) is 11.6 Å². The fraction of sp³-hybridized carbons (Fsp3) is 0.125. The number of hydrogen-bond acceptors (Lipinski definition) is 5. The van der Waals surface area contributed by atoms with Crippen molar-refractivity contribution in [2.24, 2.45) is 12.2 Å². The lowest BCUT2D eigenvalue weighted by atomic mass is 10.3. The first-order valence-corrected chi connectivity index (χ1v) is 6.77. The van der Waals surface area contributed by atoms with Gasteiger partial charge < -0.3 is 0 Å². The second kappa shape index (κ2) is 4.17. The lowest BCUT2D eigenvalue weighted by Crippen LogP contribution is -2.17. The van der Waals surface area contributed by atoms with Gasteiger partial charge in [-0.3, -0.25) is 9.55 Å². The van der Waals surface area contributed by atoms with Crippen molar-refractivity contribution in [1.82, 2.24) is 19.7 Å². The van der Waals surface area contributed by atoms with Crippen molar-refractivity contribution in [1.29, 1.82) is 0 Å². The number of hydrogen-bond donors (Lipinski definition) is 1. The highest BCUT2D eigenvalue weighted by Crippen LogP contribution is 2.18. The van der Waals surface area contributed by atoms with Crippen LogP contribution in [0.25, 0.3) is 11.5 Å². The Labute approximate surface area is 106 Å². The molecule has 2 aromatic heterocycles. The average molecular weight is 318 g/mol. The van der Waals surface area contributed by atoms with Gasteiger partial charge in [0.2, 0.25) is 0 Å². The molecule has 0 spiro atoms. The van der Waals surface area contributed by atoms with E-state index in [9.17, 15) is 8.42 Å². The maximum atomic E-state index is 11.2. The Kier molecular flexibility index (Phi) is 2.98. The summed E-state index contributed by atoms with van der Waals surface area (Å²) in [6.45, 7) is 0. The smallest absolute Gasteiger partial charge is 0.273 e. The third-order valence-electron chi connectivity index (χ3n) is 2.05. The lowest BCUT2D eigenvalue weighted by Gasteiger charge is -2.01. The van der Waals surface area contributed by atoms with E-state index in [0.717, 1.165) is 4.47 Å². The van der Waals surface area contributed by atoms with Gasteiger partial charge in [-0.05, 0) is 28.1 Å². The molecule has 90 valence electrons. The van der Waals surface area contributed by atoms with Gasteiger partial charge in [-0.25, -0.2) is 13.6 Å². The van der Waals surface area contributed by atoms with E-state index >= 15 is 0 Å². The molecule has 0 aliphatic heterocycles. The van der Waals surface area contributed by atoms with Gasteiger partial charge >= 0.3 is 0 Å². The topological polar surface area (TPSA) is 104 Å². The van der Waals surface area contributed by atoms with Crippen molar-refractivity contribution < 1.29 is 8.42 Å². The predicted molar refractivity (Wildman–Crippen MR) is 63.3 cm³/mol. The molecule has 0 atom stereocenters. The molecule has 0 unspecified atom stereocenters. The van der Waals surface area contributed by atoms with Gasteiger partial charge in [0.25, 0.3) is 15.2 Å². The van der Waals surface area contributed by atoms with Crippen LogP contribution in [0.4, 0.5) is 0 Å². The van der Waals surface area contributed by atoms with Gasteiger partial charge in [-0.1, -0.05) is 0 Å². The number of nitrogens with zero attached hydrogens (tertiary/aromatic N) is 4. The van der Waals surface area contributed by atoms with Gasteiger partial charge in [0.15, 0.2) is 5.82 Å². The maximum absolute atomic E-state index is 11.2. The number of primary sulfonamides is 1. The van der Waals surface area contributed by atoms with E-state index in [1.54, 1.807) is 18.3 Å². The molecular formula is C8H8BrN5O2S. The molecule has 2 N–H and O–H groups in total. The zero-order chi connectivity index (χ0) is 12.6. The molecule has 9 heteroatoms. The summed E-state index contributed by atoms with van der Waals surface area (Å²) in [4.78, 5) is 4.10. The van der Waals surface area contributed by atoms with Crippen molar-refractivity contribution in [2.45, 2.75) is 5.16 Å². The van der Waals surface area contributed by atoms with Crippen LogP contribution >= 0.6 is 15.9 Å². The van der Waals surface area contributed by atoms with Gasteiger partial charge in [-0.2, -0.15) is 0 Å². The molecule has 2 heterocycles. The summed E-state index contributed by atoms with van der Waals surface area (Å²) in [7, 11) is -2.36. The highest BCUT2D eigenvalue weighted by Gasteiger charge is 2.19. The Morgan fingerprint density at radius 2 is 2.06 bits per heavy atom. The summed E-state index contributed by atoms with van der Waals surface area (Å²) in [6, 6.07) is 3.47. The van der Waals surface area contributed by atoms with Crippen LogP contribution < -0.4 is 5.14 Å². The largest absolute Gasteiger partial charge is 0.299 e. The molecule has 0 aromatic carbocycles. The first-order chi connectivity index (χ1) is 7.89. The summed E-state index contributed by atoms with van der Waals surface area (Å²) >= 11 is 3.25. The second-order valence-corrected chi connectivity index (χ2v) is 5.64. The van der Waals surface area contributed by atoms with Gasteiger partial charge in [0.1, 0.15) is 5.69 Å². The van der Waals surface area contributed by atoms with E-state index in [0.29, 0.717) is 11.5 Å². The Balaban J connectivity index is 2.55. The summed E-state index contributed by atoms with van der Waals surface area (Å²) < 4.78 is 24.5. The van der Waals surface area contributed by atoms with Crippen molar-refractivity contribution in [3.8, 4) is 11.5 Å². The van der Waals surface area contributed by atoms with Gasteiger partial charge in [0, 0.05) is 17.7 Å². The van der Waals surface area contributed by atoms with Crippen molar-refractivity contribution in [2.75, 3.05) is 0 Å². The van der Waals surface area contributed by atoms with Crippen LogP contribution in [0, 0.1) is 0 Å². The lowest BCUT2D eigenvalue weighted by molar-refractivity contribution is 0.580. The van der Waals surface area contributed by atoms with Crippen molar-refractivity contribution in [3.63, 3.8) is 0 Å². The minimum Gasteiger partial charge on any atom is -0.299 e. The average Bonchev–Trinajstić information content (AvgIpc) is 2.61. The maximum Gasteiger partial charge on any atom is 0.273 e. The number of aromatic nitrogens is 4. The van der Waals surface area contributed by atoms with E-state index in [4.69, 9.17) is 5.14 Å². The molecule has 0 amide bonds. The highest BCUT2D eigenvalue weighted by molar-refractivity contribution is 9.10. The van der Waals surface area contributed by atoms with Gasteiger partial charge in [0.05, 0.1) is 0 Å². The Morgan fingerprint density at radius 1 is 1.35 bits per heavy atom. The first-order valence-electron chi connectivity index (χ1n) is 4.43. The summed E-state index contributed by atoms with van der Waals surface area (Å²) in [5.41, 5.74) is 0.512. The normalized spacial score (nSPS) is 11.7. The van der Waals surface area contributed by atoms with Crippen LogP contribution in [0.2, 0.25) is 0 Å². The fourth-order valence-corrected chi connectivity index (χ4v) is 2.15. The summed E-state index contributed by atoms with van der Waals surface area (Å²) in [6.07, 6.45) is 1.58. The molecular weight excluding hydrogens is 310 g/mol. The van der Waals surface area contributed by atoms with Crippen LogP contribution in [-0.2, 0) is 17.1 Å². The second-order valence-electron chi connectivity index (χ2n) is 3.27. The molecule has 0 aliphatic carbocycles. The zero-order valence-electron chi connectivity index (χ0n) is 8.70. The monoisotopic (exact) mass is 317 g/mol. The number of rotatable bonds is 2. The predicted octanol–water partition coefficient (Wildman–Crippen LogP) is 0.287. The molecule has 2 rings (SSSR count). The van der Waals surface area contributed by atoms with Crippen LogP contribution in [-0.4, -0.2) is 28.2 Å². The molecule has 2 aromatic rings. The van der Waals surface area contributed by atoms with E-state index in [1.807, 2.05) is 0 Å². The van der Waals surface area contributed by atoms with Gasteiger partial charge in [-0.15, -0.1) is 10.2 Å². The third-order valence-corrected chi connectivity index (χ3v) is 3.38. The van der Waals surface area contributed by atoms with Crippen molar-refractivity contribution >= 4 is 26.0 Å². The quantitative estimate of drug-likeness (QED) is 0.857. The Morgan fingerprint density at radius 3 is 2.53 bits per heavy atom. The Hall–Kier alpha value is -1.32. The van der Waals surface area contributed by atoms with E-state index in [-0.39, 0.29) is 5.16 Å². The number of pyridine rings is 1. The van der Waals surface area contributed by atoms with E-state index in [2.05, 4.69) is 31.1 Å². The molecule has 0 fully saturated rings. The number of nitrogens with two attached hydrogens (primary N) is 1. The van der Waals surface area contributed by atoms with Crippen LogP contribution in [0.3, 0.4) is 0 Å². The van der Waals surface area contributed by atoms with Crippen LogP contribution in [0.5, 0.6) is 0 Å². The fourth-order valence-electron chi connectivity index (χ4n) is 1.29. The zero-order valence-corrected chi connectivity index (χ0v) is 11.1. The molecule has 7 nitrogen and oxygen atoms in total. The third kappa shape index (κ3) is 2.35. The highest BCUT2D eigenvalue weighted by atomic mass is 79.9. The molecule has 0 aliphatic rings. The first kappa shape index (κ1) is 12.1. The minimum atomic E-state index is -3.88. The SMILES string of the molecule is Cn1c(-c2ccc(Br)cn2)nnc1S(N)(=O)=O. The van der Waals surface area contributed by atoms with Crippen LogP contribution in [0.1, 0.15) is 0 Å². The number of sulfonamides is 1. The van der Waals surface area contributed by atoms with Crippen molar-refractivity contribution in [3.05, 3.63) is 22.8 Å². The summed E-state index contributed by atoms with van der Waals surface area (Å²) in [5, 5.41) is 12.0. The molecule has 0 bridgehead atoms. The standard InChI is InChI=1S/C8H8BrN5O2S/c1-14-7(6-3-2-5(9)4-11-6)12-13-8(14)17(10,15)16/h2-4H,1H3,(H2,10,15,16). The Bertz CT molecular complexity index is 649. The molecule has 0 saturated carbocycles. The molecule has 17 heavy (non-hydrogen) atoms. The molecule has 0 saturated heterocycles. The molecule has 0 radical (unpaired) electrons. The van der Waals surface area contributed by atoms with E-state index < -0.39 is 10.0 Å². The summed E-state index contributed by atoms with van der Waals surface area (Å²) in [5.74, 6) is 0.335. The number of halogens is 1.